The predicted molar refractivity (Wildman–Crippen MR) is 206 cm³/mol. The van der Waals surface area contributed by atoms with E-state index < -0.39 is 11.9 Å². The maximum absolute atomic E-state index is 10.2. The molecule has 0 aliphatic heterocycles. The molecule has 0 fully saturated rings. The minimum atomic E-state index is -0.903. The zero-order valence-electron chi connectivity index (χ0n) is 33.3. The molecule has 0 saturated heterocycles. The van der Waals surface area contributed by atoms with E-state index in [4.69, 9.17) is 0 Å². The molecule has 0 saturated carbocycles. The Bertz CT molecular complexity index is 536. The molecule has 0 heterocycles. The van der Waals surface area contributed by atoms with Crippen LogP contribution in [0.2, 0.25) is 15.8 Å². The molecule has 0 aromatic carbocycles. The number of rotatable bonds is 35. The van der Waals surface area contributed by atoms with Gasteiger partial charge < -0.3 is 19.8 Å². The number of carboxylic acid groups (broad SMARTS) is 2. The van der Waals surface area contributed by atoms with Crippen molar-refractivity contribution < 1.29 is 36.9 Å². The van der Waals surface area contributed by atoms with E-state index in [1.165, 1.54) is 183 Å². The first-order valence-electron chi connectivity index (χ1n) is 21.3. The van der Waals surface area contributed by atoms with E-state index >= 15 is 0 Å². The summed E-state index contributed by atoms with van der Waals surface area (Å²) in [7, 11) is 0. The normalized spacial score (nSPS) is 10.4. The van der Waals surface area contributed by atoms with Gasteiger partial charge in [-0.3, -0.25) is 0 Å². The molecule has 4 nitrogen and oxygen atoms in total. The van der Waals surface area contributed by atoms with Crippen LogP contribution in [-0.4, -0.2) is 26.1 Å². The van der Waals surface area contributed by atoms with Crippen LogP contribution in [0.25, 0.3) is 0 Å². The molecule has 0 aromatic rings. The average molecular weight is 745 g/mol. The van der Waals surface area contributed by atoms with E-state index in [0.29, 0.717) is 0 Å². The molecule has 0 aromatic heterocycles. The minimum absolute atomic E-state index is 0. The summed E-state index contributed by atoms with van der Waals surface area (Å²) in [6, 6.07) is 0. The van der Waals surface area contributed by atoms with E-state index in [1.807, 2.05) is 0 Å². The van der Waals surface area contributed by atoms with Crippen molar-refractivity contribution >= 4 is 26.1 Å². The summed E-state index contributed by atoms with van der Waals surface area (Å²) in [5, 5.41) is 24.9. The van der Waals surface area contributed by atoms with E-state index in [9.17, 15) is 19.8 Å². The number of hydrogen-bond donors (Lipinski definition) is 0. The summed E-state index contributed by atoms with van der Waals surface area (Å²) < 4.78 is 0. The summed E-state index contributed by atoms with van der Waals surface area (Å²) in [4.78, 5) is 20.4. The van der Waals surface area contributed by atoms with Crippen molar-refractivity contribution in [3.63, 3.8) is 0 Å². The molecule has 0 atom stereocenters. The molecule has 1 radical (unpaired) electrons. The molecule has 48 heavy (non-hydrogen) atoms. The number of carbonyl (C=O) groups excluding carboxylic acids is 2. The van der Waals surface area contributed by atoms with Crippen LogP contribution >= 0.6 is 0 Å². The Labute approximate surface area is 317 Å². The van der Waals surface area contributed by atoms with E-state index in [2.05, 4.69) is 34.6 Å². The molecule has 0 spiro atoms. The second kappa shape index (κ2) is 51.4. The summed E-state index contributed by atoms with van der Waals surface area (Å²) in [6.07, 6.45) is 39.7. The van der Waals surface area contributed by atoms with Crippen LogP contribution in [0.5, 0.6) is 0 Å². The number of unbranched alkanes of at least 4 members (excludes halogenated alkanes) is 28. The van der Waals surface area contributed by atoms with Gasteiger partial charge in [-0.1, -0.05) is 230 Å². The quantitative estimate of drug-likeness (QED) is 0.0478. The van der Waals surface area contributed by atoms with Crippen LogP contribution in [0.4, 0.5) is 0 Å². The standard InChI is InChI=1S/2C18H36O2.3C2H5.Al.Cu/c2*1-2-3-4-5-6-7-8-9-10-11-12-13-14-15-16-17-18(19)20;3*1-2;;/h2*2-17H2,1H3,(H,19,20);3*1H2,2H3;;/q;;;;;;+2/p-2. The van der Waals surface area contributed by atoms with Crippen molar-refractivity contribution in [1.29, 1.82) is 0 Å². The second-order valence-corrected chi connectivity index (χ2v) is 18.4. The van der Waals surface area contributed by atoms with Crippen molar-refractivity contribution in [2.24, 2.45) is 0 Å². The summed E-state index contributed by atoms with van der Waals surface area (Å²) in [6.45, 7) is 11.5. The fourth-order valence-corrected chi connectivity index (χ4v) is 7.88. The van der Waals surface area contributed by atoms with Crippen molar-refractivity contribution in [3.05, 3.63) is 0 Å². The third-order valence-electron chi connectivity index (χ3n) is 9.70. The zero-order valence-corrected chi connectivity index (χ0v) is 35.4. The first kappa shape index (κ1) is 54.8. The van der Waals surface area contributed by atoms with Gasteiger partial charge in [-0.15, -0.1) is 0 Å². The van der Waals surface area contributed by atoms with Gasteiger partial charge in [-0.25, -0.2) is 0 Å². The SMILES string of the molecule is CCCCCCCCCCCCCCCCCC(=O)[O-].CCCCCCCCCCCCCCCCCC(=O)[O-].C[CH2][Al]([CH2]C)[CH2]C.[Cu+2]. The third-order valence-corrected chi connectivity index (χ3v) is 13.2. The number of aliphatic carboxylic acids is 2. The van der Waals surface area contributed by atoms with Crippen LogP contribution in [0.1, 0.15) is 240 Å². The minimum Gasteiger partial charge on any atom is -0.550 e. The monoisotopic (exact) mass is 744 g/mol. The second-order valence-electron chi connectivity index (χ2n) is 14.2. The summed E-state index contributed by atoms with van der Waals surface area (Å²) in [5.41, 5.74) is 0. The Morgan fingerprint density at radius 1 is 0.333 bits per heavy atom. The van der Waals surface area contributed by atoms with Gasteiger partial charge >= 0.3 is 17.1 Å². The summed E-state index contributed by atoms with van der Waals surface area (Å²) in [5.74, 6) is -1.81. The van der Waals surface area contributed by atoms with Gasteiger partial charge in [0.15, 0.2) is 0 Å². The zero-order chi connectivity index (χ0) is 35.5. The predicted octanol–water partition coefficient (Wildman–Crippen LogP) is 12.5. The van der Waals surface area contributed by atoms with Gasteiger partial charge in [0.2, 0.25) is 0 Å². The van der Waals surface area contributed by atoms with E-state index in [1.54, 1.807) is 0 Å². The molecule has 0 unspecified atom stereocenters. The van der Waals surface area contributed by atoms with Crippen LogP contribution < -0.4 is 10.2 Å². The molecule has 291 valence electrons. The van der Waals surface area contributed by atoms with Crippen molar-refractivity contribution in [1.82, 2.24) is 0 Å². The van der Waals surface area contributed by atoms with Crippen LogP contribution in [0.3, 0.4) is 0 Å². The number of carbonyl (C=O) groups is 2. The van der Waals surface area contributed by atoms with Gasteiger partial charge in [-0.2, -0.15) is 0 Å². The smallest absolute Gasteiger partial charge is 0.550 e. The van der Waals surface area contributed by atoms with E-state index in [0.717, 1.165) is 25.7 Å². The first-order valence-corrected chi connectivity index (χ1v) is 23.7. The largest absolute Gasteiger partial charge is 2.00 e. The Balaban J connectivity index is -0.000000331. The molecule has 0 amide bonds. The number of hydrogen-bond acceptors (Lipinski definition) is 4. The molecule has 0 bridgehead atoms. The van der Waals surface area contributed by atoms with Gasteiger partial charge in [0.05, 0.1) is 0 Å². The Hall–Kier alpha value is -0.00805. The fraction of sp³-hybridized carbons (Fsp3) is 0.952. The van der Waals surface area contributed by atoms with Crippen molar-refractivity contribution in [2.45, 2.75) is 256 Å². The molecular formula is C42H85AlCuO4. The summed E-state index contributed by atoms with van der Waals surface area (Å²) >= 11 is -0.171. The molecule has 0 N–H and O–H groups in total. The first-order chi connectivity index (χ1) is 22.9. The fourth-order valence-electron chi connectivity index (χ4n) is 6.15. The van der Waals surface area contributed by atoms with Gasteiger partial charge in [0, 0.05) is 11.9 Å². The van der Waals surface area contributed by atoms with Crippen LogP contribution in [0, 0.1) is 0 Å². The number of carboxylic acids is 2. The Kier molecular flexibility index (Phi) is 58.6. The molecule has 0 aliphatic rings. The van der Waals surface area contributed by atoms with Crippen molar-refractivity contribution in [3.8, 4) is 0 Å². The Morgan fingerprint density at radius 2 is 0.500 bits per heavy atom. The molecule has 6 heteroatoms. The van der Waals surface area contributed by atoms with Crippen LogP contribution in [-0.2, 0) is 26.7 Å². The third kappa shape index (κ3) is 58.2. The maximum atomic E-state index is 10.2. The van der Waals surface area contributed by atoms with Gasteiger partial charge in [0.25, 0.3) is 14.1 Å². The topological polar surface area (TPSA) is 80.3 Å². The van der Waals surface area contributed by atoms with Crippen molar-refractivity contribution in [2.75, 3.05) is 0 Å². The maximum Gasteiger partial charge on any atom is 2.00 e. The van der Waals surface area contributed by atoms with E-state index in [-0.39, 0.29) is 44.1 Å². The van der Waals surface area contributed by atoms with Gasteiger partial charge in [0.1, 0.15) is 0 Å². The molecular weight excluding hydrogens is 659 g/mol. The van der Waals surface area contributed by atoms with Gasteiger partial charge in [-0.05, 0) is 25.7 Å². The molecule has 0 rings (SSSR count). The Morgan fingerprint density at radius 3 is 0.625 bits per heavy atom. The molecule has 0 aliphatic carbocycles. The average Bonchev–Trinajstić information content (AvgIpc) is 3.06. The van der Waals surface area contributed by atoms with Crippen LogP contribution in [0.15, 0.2) is 0 Å².